The fourth-order valence-corrected chi connectivity index (χ4v) is 1.35. The number of carbonyl (C=O) groups is 1. The first kappa shape index (κ1) is 12.2. The van der Waals surface area contributed by atoms with E-state index in [1.165, 1.54) is 6.20 Å². The van der Waals surface area contributed by atoms with Crippen molar-refractivity contribution >= 4 is 11.6 Å². The molecule has 0 radical (unpaired) electrons. The lowest BCUT2D eigenvalue weighted by atomic mass is 10.2. The number of amides is 1. The van der Waals surface area contributed by atoms with Crippen molar-refractivity contribution in [2.24, 2.45) is 5.73 Å². The lowest BCUT2D eigenvalue weighted by Gasteiger charge is -2.22. The highest BCUT2D eigenvalue weighted by Gasteiger charge is 2.07. The summed E-state index contributed by atoms with van der Waals surface area (Å²) in [4.78, 5) is 16.7. The number of nitrogens with zero attached hydrogens (tertiary/aromatic N) is 2. The zero-order valence-corrected chi connectivity index (χ0v) is 8.97. The van der Waals surface area contributed by atoms with Crippen LogP contribution in [0.2, 0.25) is 0 Å². The molecule has 1 aromatic heterocycles. The number of aliphatic hydroxyl groups excluding tert-OH is 1. The molecule has 5 nitrogen and oxygen atoms in total. The Morgan fingerprint density at radius 3 is 3.00 bits per heavy atom. The number of aliphatic hydroxyl groups is 1. The van der Waals surface area contributed by atoms with Gasteiger partial charge in [-0.25, -0.2) is 0 Å². The molecule has 0 saturated carbocycles. The van der Waals surface area contributed by atoms with Gasteiger partial charge < -0.3 is 15.7 Å². The number of carbonyl (C=O) groups excluding carboxylic acids is 1. The minimum atomic E-state index is -0.565. The van der Waals surface area contributed by atoms with Crippen molar-refractivity contribution in [2.75, 3.05) is 24.6 Å². The summed E-state index contributed by atoms with van der Waals surface area (Å²) in [6.45, 7) is 4.72. The first-order valence-electron chi connectivity index (χ1n) is 4.91. The van der Waals surface area contributed by atoms with Crippen molar-refractivity contribution in [3.8, 4) is 0 Å². The predicted octanol–water partition coefficient (Wildman–Crippen LogP) is 0.165. The molecule has 0 saturated heterocycles. The third-order valence-corrected chi connectivity index (χ3v) is 2.08. The second-order valence-corrected chi connectivity index (χ2v) is 3.22. The van der Waals surface area contributed by atoms with Gasteiger partial charge in [0.15, 0.2) is 0 Å². The van der Waals surface area contributed by atoms with Crippen LogP contribution < -0.4 is 10.6 Å². The van der Waals surface area contributed by atoms with Crippen molar-refractivity contribution in [1.82, 2.24) is 4.98 Å². The van der Waals surface area contributed by atoms with Crippen LogP contribution in [0.4, 0.5) is 5.69 Å². The van der Waals surface area contributed by atoms with Gasteiger partial charge in [0, 0.05) is 25.0 Å². The molecule has 0 fully saturated rings. The summed E-state index contributed by atoms with van der Waals surface area (Å²) in [5.41, 5.74) is 6.14. The highest BCUT2D eigenvalue weighted by molar-refractivity contribution is 5.91. The molecule has 16 heavy (non-hydrogen) atoms. The zero-order chi connectivity index (χ0) is 12.0. The largest absolute Gasteiger partial charge is 0.395 e. The Balaban J connectivity index is 2.94. The smallest absolute Gasteiger partial charge is 0.267 e. The van der Waals surface area contributed by atoms with Crippen LogP contribution in [0, 0.1) is 0 Å². The summed E-state index contributed by atoms with van der Waals surface area (Å²) < 4.78 is 0. The van der Waals surface area contributed by atoms with Crippen molar-refractivity contribution in [3.05, 3.63) is 36.7 Å². The van der Waals surface area contributed by atoms with E-state index in [1.54, 1.807) is 18.2 Å². The Morgan fingerprint density at radius 1 is 1.69 bits per heavy atom. The maximum absolute atomic E-state index is 11.0. The SMILES string of the molecule is C=CCN(CCO)c1ccnc(C(N)=O)c1. The Morgan fingerprint density at radius 2 is 2.44 bits per heavy atom. The maximum atomic E-state index is 11.0. The van der Waals surface area contributed by atoms with Gasteiger partial charge in [0.1, 0.15) is 5.69 Å². The summed E-state index contributed by atoms with van der Waals surface area (Å²) in [7, 11) is 0. The van der Waals surface area contributed by atoms with Gasteiger partial charge in [-0.3, -0.25) is 9.78 Å². The molecule has 0 aromatic carbocycles. The van der Waals surface area contributed by atoms with E-state index >= 15 is 0 Å². The molecule has 1 aromatic rings. The normalized spacial score (nSPS) is 9.81. The van der Waals surface area contributed by atoms with Gasteiger partial charge >= 0.3 is 0 Å². The van der Waals surface area contributed by atoms with E-state index in [0.29, 0.717) is 13.1 Å². The number of aromatic nitrogens is 1. The summed E-state index contributed by atoms with van der Waals surface area (Å²) >= 11 is 0. The predicted molar refractivity (Wildman–Crippen MR) is 62.3 cm³/mol. The third-order valence-electron chi connectivity index (χ3n) is 2.08. The molecule has 1 amide bonds. The molecule has 86 valence electrons. The van der Waals surface area contributed by atoms with E-state index in [0.717, 1.165) is 5.69 Å². The topological polar surface area (TPSA) is 79.4 Å². The molecule has 5 heteroatoms. The van der Waals surface area contributed by atoms with Crippen LogP contribution in [0.1, 0.15) is 10.5 Å². The molecule has 0 aliphatic rings. The molecular formula is C11H15N3O2. The minimum absolute atomic E-state index is 0.0298. The summed E-state index contributed by atoms with van der Waals surface area (Å²) in [5, 5.41) is 8.92. The van der Waals surface area contributed by atoms with Gasteiger partial charge in [0.2, 0.25) is 0 Å². The number of rotatable bonds is 6. The number of pyridine rings is 1. The third kappa shape index (κ3) is 3.06. The summed E-state index contributed by atoms with van der Waals surface area (Å²) in [6, 6.07) is 3.35. The first-order valence-corrected chi connectivity index (χ1v) is 4.91. The quantitative estimate of drug-likeness (QED) is 0.671. The van der Waals surface area contributed by atoms with Crippen LogP contribution in [-0.4, -0.2) is 35.7 Å². The van der Waals surface area contributed by atoms with Gasteiger partial charge in [-0.2, -0.15) is 0 Å². The summed E-state index contributed by atoms with van der Waals surface area (Å²) in [5.74, 6) is -0.565. The molecule has 0 atom stereocenters. The number of primary amides is 1. The lowest BCUT2D eigenvalue weighted by Crippen LogP contribution is -2.27. The lowest BCUT2D eigenvalue weighted by molar-refractivity contribution is 0.0995. The van der Waals surface area contributed by atoms with Gasteiger partial charge in [-0.15, -0.1) is 6.58 Å². The molecule has 1 rings (SSSR count). The van der Waals surface area contributed by atoms with Crippen LogP contribution >= 0.6 is 0 Å². The molecule has 0 aliphatic heterocycles. The van der Waals surface area contributed by atoms with Gasteiger partial charge in [0.25, 0.3) is 5.91 Å². The molecule has 0 spiro atoms. The Labute approximate surface area is 94.2 Å². The molecule has 0 unspecified atom stereocenters. The van der Waals surface area contributed by atoms with E-state index < -0.39 is 5.91 Å². The van der Waals surface area contributed by atoms with Crippen LogP contribution in [0.25, 0.3) is 0 Å². The molecule has 3 N–H and O–H groups in total. The van der Waals surface area contributed by atoms with E-state index in [1.807, 2.05) is 4.90 Å². The fourth-order valence-electron chi connectivity index (χ4n) is 1.35. The van der Waals surface area contributed by atoms with Crippen LogP contribution in [0.15, 0.2) is 31.0 Å². The molecule has 0 bridgehead atoms. The maximum Gasteiger partial charge on any atom is 0.267 e. The average Bonchev–Trinajstić information content (AvgIpc) is 2.29. The highest BCUT2D eigenvalue weighted by Crippen LogP contribution is 2.13. The van der Waals surface area contributed by atoms with Gasteiger partial charge in [-0.05, 0) is 12.1 Å². The standard InChI is InChI=1S/C11H15N3O2/c1-2-5-14(6-7-15)9-3-4-13-10(8-9)11(12)16/h2-4,8,15H,1,5-7H2,(H2,12,16). The first-order chi connectivity index (χ1) is 7.69. The van der Waals surface area contributed by atoms with Crippen LogP contribution in [0.5, 0.6) is 0 Å². The minimum Gasteiger partial charge on any atom is -0.395 e. The number of nitrogens with two attached hydrogens (primary N) is 1. The Bertz CT molecular complexity index is 379. The average molecular weight is 221 g/mol. The Hall–Kier alpha value is -1.88. The van der Waals surface area contributed by atoms with Crippen LogP contribution in [-0.2, 0) is 0 Å². The van der Waals surface area contributed by atoms with Crippen molar-refractivity contribution < 1.29 is 9.90 Å². The number of hydrogen-bond donors (Lipinski definition) is 2. The van der Waals surface area contributed by atoms with E-state index in [9.17, 15) is 4.79 Å². The molecular weight excluding hydrogens is 206 g/mol. The number of hydrogen-bond acceptors (Lipinski definition) is 4. The van der Waals surface area contributed by atoms with E-state index in [4.69, 9.17) is 10.8 Å². The monoisotopic (exact) mass is 221 g/mol. The van der Waals surface area contributed by atoms with Gasteiger partial charge in [-0.1, -0.05) is 6.08 Å². The van der Waals surface area contributed by atoms with E-state index in [2.05, 4.69) is 11.6 Å². The molecule has 0 aliphatic carbocycles. The highest BCUT2D eigenvalue weighted by atomic mass is 16.3. The van der Waals surface area contributed by atoms with Crippen molar-refractivity contribution in [3.63, 3.8) is 0 Å². The van der Waals surface area contributed by atoms with Crippen molar-refractivity contribution in [1.29, 1.82) is 0 Å². The number of anilines is 1. The van der Waals surface area contributed by atoms with E-state index in [-0.39, 0.29) is 12.3 Å². The zero-order valence-electron chi connectivity index (χ0n) is 8.97. The second kappa shape index (κ2) is 5.87. The Kier molecular flexibility index (Phi) is 4.47. The summed E-state index contributed by atoms with van der Waals surface area (Å²) in [6.07, 6.45) is 3.24. The molecule has 1 heterocycles. The second-order valence-electron chi connectivity index (χ2n) is 3.22. The fraction of sp³-hybridized carbons (Fsp3) is 0.273. The van der Waals surface area contributed by atoms with Crippen molar-refractivity contribution in [2.45, 2.75) is 0 Å². The van der Waals surface area contributed by atoms with Gasteiger partial charge in [0.05, 0.1) is 6.61 Å². The van der Waals surface area contributed by atoms with Crippen LogP contribution in [0.3, 0.4) is 0 Å².